The van der Waals surface area contributed by atoms with Crippen molar-refractivity contribution in [1.29, 1.82) is 0 Å². The van der Waals surface area contributed by atoms with Crippen LogP contribution < -0.4 is 5.32 Å². The summed E-state index contributed by atoms with van der Waals surface area (Å²) in [6.07, 6.45) is 2.16. The molecule has 0 spiro atoms. The normalized spacial score (nSPS) is 18.3. The molecule has 3 nitrogen and oxygen atoms in total. The molecule has 0 aliphatic heterocycles. The molecule has 1 aliphatic rings. The van der Waals surface area contributed by atoms with E-state index in [1.165, 1.54) is 24.0 Å². The van der Waals surface area contributed by atoms with Crippen LogP contribution in [0.4, 0.5) is 0 Å². The molecule has 106 valence electrons. The quantitative estimate of drug-likeness (QED) is 0.757. The topological polar surface area (TPSA) is 41.5 Å². The first-order valence-electron chi connectivity index (χ1n) is 7.21. The van der Waals surface area contributed by atoms with Gasteiger partial charge in [-0.2, -0.15) is 0 Å². The Morgan fingerprint density at radius 1 is 1.32 bits per heavy atom. The van der Waals surface area contributed by atoms with Crippen LogP contribution in [0.5, 0.6) is 0 Å². The molecular weight excluding hydrogens is 238 g/mol. The van der Waals surface area contributed by atoms with Gasteiger partial charge in [0.1, 0.15) is 0 Å². The van der Waals surface area contributed by atoms with E-state index in [0.717, 1.165) is 12.5 Å². The molecule has 3 heteroatoms. The van der Waals surface area contributed by atoms with E-state index in [2.05, 4.69) is 43.4 Å². The minimum absolute atomic E-state index is 0.249. The van der Waals surface area contributed by atoms with Crippen molar-refractivity contribution < 1.29 is 9.84 Å². The van der Waals surface area contributed by atoms with Gasteiger partial charge in [0.2, 0.25) is 0 Å². The van der Waals surface area contributed by atoms with E-state index in [1.807, 2.05) is 0 Å². The number of aryl methyl sites for hydroxylation is 1. The predicted octanol–water partition coefficient (Wildman–Crippen LogP) is 2.43. The zero-order valence-electron chi connectivity index (χ0n) is 11.9. The Morgan fingerprint density at radius 3 is 2.63 bits per heavy atom. The zero-order valence-corrected chi connectivity index (χ0v) is 11.9. The fraction of sp³-hybridized carbons (Fsp3) is 0.625. The summed E-state index contributed by atoms with van der Waals surface area (Å²) >= 11 is 0. The largest absolute Gasteiger partial charge is 0.389 e. The molecule has 1 aromatic rings. The molecule has 0 aromatic heterocycles. The third kappa shape index (κ3) is 5.31. The van der Waals surface area contributed by atoms with Crippen LogP contribution >= 0.6 is 0 Å². The Morgan fingerprint density at radius 2 is 2.00 bits per heavy atom. The van der Waals surface area contributed by atoms with Crippen LogP contribution in [0.25, 0.3) is 0 Å². The maximum absolute atomic E-state index is 9.83. The first-order valence-corrected chi connectivity index (χ1v) is 7.21. The summed E-state index contributed by atoms with van der Waals surface area (Å²) < 4.78 is 5.48. The highest BCUT2D eigenvalue weighted by atomic mass is 16.5. The monoisotopic (exact) mass is 263 g/mol. The van der Waals surface area contributed by atoms with Crippen LogP contribution in [-0.2, 0) is 4.74 Å². The molecule has 0 amide bonds. The predicted molar refractivity (Wildman–Crippen MR) is 77.1 cm³/mol. The van der Waals surface area contributed by atoms with Crippen molar-refractivity contribution in [3.63, 3.8) is 0 Å². The SMILES string of the molecule is Cc1ccc([C@H](C)NCC(O)COCC2CC2)cc1. The second kappa shape index (κ2) is 7.04. The number of aliphatic hydroxyl groups is 1. The Kier molecular flexibility index (Phi) is 5.37. The highest BCUT2D eigenvalue weighted by Crippen LogP contribution is 2.28. The molecule has 1 fully saturated rings. The zero-order chi connectivity index (χ0) is 13.7. The van der Waals surface area contributed by atoms with Crippen molar-refractivity contribution in [3.8, 4) is 0 Å². The van der Waals surface area contributed by atoms with E-state index in [4.69, 9.17) is 4.74 Å². The van der Waals surface area contributed by atoms with Crippen molar-refractivity contribution in [2.45, 2.75) is 38.8 Å². The van der Waals surface area contributed by atoms with Crippen LogP contribution in [0, 0.1) is 12.8 Å². The van der Waals surface area contributed by atoms with Gasteiger partial charge < -0.3 is 15.2 Å². The van der Waals surface area contributed by atoms with Crippen LogP contribution in [-0.4, -0.2) is 31.0 Å². The average molecular weight is 263 g/mol. The number of benzene rings is 1. The van der Waals surface area contributed by atoms with Crippen molar-refractivity contribution in [2.24, 2.45) is 5.92 Å². The second-order valence-corrected chi connectivity index (χ2v) is 5.68. The Labute approximate surface area is 116 Å². The van der Waals surface area contributed by atoms with E-state index in [0.29, 0.717) is 13.2 Å². The summed E-state index contributed by atoms with van der Waals surface area (Å²) in [5.41, 5.74) is 2.51. The summed E-state index contributed by atoms with van der Waals surface area (Å²) in [7, 11) is 0. The molecule has 0 bridgehead atoms. The average Bonchev–Trinajstić information content (AvgIpc) is 3.21. The number of nitrogens with one attached hydrogen (secondary N) is 1. The fourth-order valence-electron chi connectivity index (χ4n) is 2.00. The van der Waals surface area contributed by atoms with Crippen molar-refractivity contribution >= 4 is 0 Å². The first-order chi connectivity index (χ1) is 9.15. The van der Waals surface area contributed by atoms with Gasteiger partial charge in [-0.15, -0.1) is 0 Å². The maximum Gasteiger partial charge on any atom is 0.0897 e. The van der Waals surface area contributed by atoms with Crippen molar-refractivity contribution in [3.05, 3.63) is 35.4 Å². The van der Waals surface area contributed by atoms with Gasteiger partial charge in [-0.25, -0.2) is 0 Å². The van der Waals surface area contributed by atoms with Crippen LogP contribution in [0.3, 0.4) is 0 Å². The van der Waals surface area contributed by atoms with Crippen LogP contribution in [0.2, 0.25) is 0 Å². The summed E-state index contributed by atoms with van der Waals surface area (Å²) in [5.74, 6) is 0.756. The molecule has 0 heterocycles. The molecule has 2 rings (SSSR count). The number of hydrogen-bond acceptors (Lipinski definition) is 3. The van der Waals surface area contributed by atoms with Crippen molar-refractivity contribution in [1.82, 2.24) is 5.32 Å². The summed E-state index contributed by atoms with van der Waals surface area (Å²) in [6.45, 7) is 6.01. The lowest BCUT2D eigenvalue weighted by Crippen LogP contribution is -2.32. The second-order valence-electron chi connectivity index (χ2n) is 5.68. The van der Waals surface area contributed by atoms with Gasteiger partial charge in [0, 0.05) is 19.2 Å². The van der Waals surface area contributed by atoms with Gasteiger partial charge >= 0.3 is 0 Å². The van der Waals surface area contributed by atoms with Crippen molar-refractivity contribution in [2.75, 3.05) is 19.8 Å². The lowest BCUT2D eigenvalue weighted by Gasteiger charge is -2.17. The van der Waals surface area contributed by atoms with E-state index in [-0.39, 0.29) is 6.04 Å². The Bertz CT molecular complexity index is 373. The molecule has 1 unspecified atom stereocenters. The lowest BCUT2D eigenvalue weighted by molar-refractivity contribution is 0.0315. The molecule has 1 saturated carbocycles. The van der Waals surface area contributed by atoms with E-state index in [9.17, 15) is 5.11 Å². The first kappa shape index (κ1) is 14.5. The third-order valence-electron chi connectivity index (χ3n) is 3.60. The number of hydrogen-bond donors (Lipinski definition) is 2. The molecule has 1 aliphatic carbocycles. The van der Waals surface area contributed by atoms with Gasteiger partial charge in [0.05, 0.1) is 12.7 Å². The van der Waals surface area contributed by atoms with Gasteiger partial charge in [-0.3, -0.25) is 0 Å². The van der Waals surface area contributed by atoms with Gasteiger partial charge in [-0.1, -0.05) is 29.8 Å². The van der Waals surface area contributed by atoms with Crippen LogP contribution in [0.1, 0.15) is 36.9 Å². The highest BCUT2D eigenvalue weighted by molar-refractivity contribution is 5.23. The number of ether oxygens (including phenoxy) is 1. The van der Waals surface area contributed by atoms with Crippen LogP contribution in [0.15, 0.2) is 24.3 Å². The molecule has 2 N–H and O–H groups in total. The summed E-state index contributed by atoms with van der Waals surface area (Å²) in [4.78, 5) is 0. The molecule has 2 atom stereocenters. The van der Waals surface area contributed by atoms with Gasteiger partial charge in [-0.05, 0) is 38.2 Å². The Hall–Kier alpha value is -0.900. The molecule has 0 radical (unpaired) electrons. The molecule has 19 heavy (non-hydrogen) atoms. The smallest absolute Gasteiger partial charge is 0.0897 e. The number of rotatable bonds is 8. The maximum atomic E-state index is 9.83. The minimum Gasteiger partial charge on any atom is -0.389 e. The molecule has 0 saturated heterocycles. The summed E-state index contributed by atoms with van der Waals surface area (Å²) in [6, 6.07) is 8.73. The molecule has 1 aromatic carbocycles. The third-order valence-corrected chi connectivity index (χ3v) is 3.60. The lowest BCUT2D eigenvalue weighted by atomic mass is 10.1. The standard InChI is InChI=1S/C16H25NO2/c1-12-3-7-15(8-4-12)13(2)17-9-16(18)11-19-10-14-5-6-14/h3-4,7-8,13-14,16-18H,5-6,9-11H2,1-2H3/t13-,16?/m0/s1. The van der Waals surface area contributed by atoms with Gasteiger partial charge in [0.25, 0.3) is 0 Å². The van der Waals surface area contributed by atoms with E-state index >= 15 is 0 Å². The molecular formula is C16H25NO2. The minimum atomic E-state index is -0.424. The van der Waals surface area contributed by atoms with E-state index < -0.39 is 6.10 Å². The summed E-state index contributed by atoms with van der Waals surface area (Å²) in [5, 5.41) is 13.2. The Balaban J connectivity index is 1.64. The van der Waals surface area contributed by atoms with E-state index in [1.54, 1.807) is 0 Å². The van der Waals surface area contributed by atoms with Gasteiger partial charge in [0.15, 0.2) is 0 Å². The fourth-order valence-corrected chi connectivity index (χ4v) is 2.00. The number of aliphatic hydroxyl groups excluding tert-OH is 1. The highest BCUT2D eigenvalue weighted by Gasteiger charge is 2.21.